The van der Waals surface area contributed by atoms with Gasteiger partial charge in [-0.3, -0.25) is 0 Å². The van der Waals surface area contributed by atoms with Gasteiger partial charge in [0.1, 0.15) is 7.85 Å². The Bertz CT molecular complexity index is 93.7. The SMILES string of the molecule is BC(C)(C)OCCC(C)(C)C. The normalized spacial score (nSPS) is 13.5. The van der Waals surface area contributed by atoms with Crippen molar-refractivity contribution in [1.29, 1.82) is 0 Å². The van der Waals surface area contributed by atoms with Gasteiger partial charge in [0.15, 0.2) is 0 Å². The molecule has 0 aromatic rings. The van der Waals surface area contributed by atoms with Crippen LogP contribution in [-0.2, 0) is 4.74 Å². The lowest BCUT2D eigenvalue weighted by atomic mass is 9.85. The topological polar surface area (TPSA) is 9.23 Å². The van der Waals surface area contributed by atoms with E-state index in [1.165, 1.54) is 0 Å². The number of hydrogen-bond acceptors (Lipinski definition) is 1. The first-order valence-corrected chi connectivity index (χ1v) is 4.35. The molecule has 0 aromatic heterocycles. The highest BCUT2D eigenvalue weighted by Gasteiger charge is 2.14. The Morgan fingerprint density at radius 3 is 1.82 bits per heavy atom. The summed E-state index contributed by atoms with van der Waals surface area (Å²) in [5.41, 5.74) is 0.413. The van der Waals surface area contributed by atoms with Crippen LogP contribution in [0.2, 0.25) is 0 Å². The first-order valence-electron chi connectivity index (χ1n) is 4.35. The maximum absolute atomic E-state index is 5.61. The van der Waals surface area contributed by atoms with Crippen molar-refractivity contribution in [2.24, 2.45) is 5.41 Å². The zero-order valence-corrected chi connectivity index (χ0v) is 8.82. The standard InChI is InChI=1S/C9H21BO/c1-8(2,3)6-7-11-9(4,5)10/h6-7,10H2,1-5H3. The molecule has 1 nitrogen and oxygen atoms in total. The van der Waals surface area contributed by atoms with E-state index in [1.54, 1.807) is 0 Å². The molecule has 66 valence electrons. The molecule has 0 bridgehead atoms. The third-order valence-electron chi connectivity index (χ3n) is 1.39. The van der Waals surface area contributed by atoms with Gasteiger partial charge in [0.25, 0.3) is 0 Å². The van der Waals surface area contributed by atoms with Crippen molar-refractivity contribution in [3.05, 3.63) is 0 Å². The number of hydrogen-bond donors (Lipinski definition) is 0. The highest BCUT2D eigenvalue weighted by atomic mass is 16.5. The molecular weight excluding hydrogens is 135 g/mol. The second-order valence-electron chi connectivity index (χ2n) is 5.27. The molecule has 0 aromatic carbocycles. The van der Waals surface area contributed by atoms with Gasteiger partial charge in [-0.15, -0.1) is 0 Å². The minimum atomic E-state index is 0.0191. The molecule has 0 aliphatic carbocycles. The van der Waals surface area contributed by atoms with Crippen molar-refractivity contribution in [2.45, 2.75) is 46.5 Å². The first kappa shape index (κ1) is 11.0. The fourth-order valence-corrected chi connectivity index (χ4v) is 0.663. The highest BCUT2D eigenvalue weighted by molar-refractivity contribution is 6.13. The van der Waals surface area contributed by atoms with E-state index in [0.29, 0.717) is 5.41 Å². The second kappa shape index (κ2) is 3.62. The van der Waals surface area contributed by atoms with E-state index in [0.717, 1.165) is 13.0 Å². The van der Waals surface area contributed by atoms with Crippen molar-refractivity contribution in [1.82, 2.24) is 0 Å². The van der Waals surface area contributed by atoms with Crippen molar-refractivity contribution < 1.29 is 4.74 Å². The van der Waals surface area contributed by atoms with Gasteiger partial charge in [0, 0.05) is 12.1 Å². The molecule has 0 fully saturated rings. The van der Waals surface area contributed by atoms with E-state index in [-0.39, 0.29) is 5.50 Å². The number of ether oxygens (including phenoxy) is 1. The molecule has 0 aliphatic heterocycles. The molecular formula is C9H21BO. The van der Waals surface area contributed by atoms with Crippen LogP contribution in [0.15, 0.2) is 0 Å². The zero-order chi connectivity index (χ0) is 9.12. The quantitative estimate of drug-likeness (QED) is 0.566. The Balaban J connectivity index is 3.44. The molecule has 0 saturated heterocycles. The van der Waals surface area contributed by atoms with Gasteiger partial charge in [-0.05, 0) is 25.7 Å². The van der Waals surface area contributed by atoms with Crippen LogP contribution in [0.4, 0.5) is 0 Å². The summed E-state index contributed by atoms with van der Waals surface area (Å²) in [5.74, 6) is 0. The Morgan fingerprint density at radius 1 is 1.09 bits per heavy atom. The Hall–Kier alpha value is 0.0249. The Labute approximate surface area is 71.9 Å². The second-order valence-corrected chi connectivity index (χ2v) is 5.27. The van der Waals surface area contributed by atoms with Crippen LogP contribution >= 0.6 is 0 Å². The predicted molar refractivity (Wildman–Crippen MR) is 52.6 cm³/mol. The Kier molecular flexibility index (Phi) is 3.63. The van der Waals surface area contributed by atoms with E-state index in [1.807, 2.05) is 0 Å². The van der Waals surface area contributed by atoms with Gasteiger partial charge >= 0.3 is 0 Å². The third-order valence-corrected chi connectivity index (χ3v) is 1.39. The largest absolute Gasteiger partial charge is 0.385 e. The van der Waals surface area contributed by atoms with Gasteiger partial charge in [-0.25, -0.2) is 0 Å². The molecule has 0 saturated carbocycles. The third kappa shape index (κ3) is 10.0. The molecule has 2 heteroatoms. The predicted octanol–water partition coefficient (Wildman–Crippen LogP) is 1.81. The molecule has 0 atom stereocenters. The van der Waals surface area contributed by atoms with Crippen molar-refractivity contribution >= 4 is 7.85 Å². The van der Waals surface area contributed by atoms with Crippen molar-refractivity contribution in [3.63, 3.8) is 0 Å². The van der Waals surface area contributed by atoms with E-state index in [9.17, 15) is 0 Å². The fraction of sp³-hybridized carbons (Fsp3) is 1.00. The molecule has 0 spiro atoms. The maximum Gasteiger partial charge on any atom is 0.142 e. The summed E-state index contributed by atoms with van der Waals surface area (Å²) in [6.45, 7) is 11.8. The smallest absolute Gasteiger partial charge is 0.142 e. The fourth-order valence-electron chi connectivity index (χ4n) is 0.663. The van der Waals surface area contributed by atoms with Gasteiger partial charge in [0.2, 0.25) is 0 Å². The molecule has 0 amide bonds. The van der Waals surface area contributed by atoms with Gasteiger partial charge in [0.05, 0.1) is 0 Å². The molecule has 0 unspecified atom stereocenters. The van der Waals surface area contributed by atoms with Gasteiger partial charge < -0.3 is 4.74 Å². The van der Waals surface area contributed by atoms with Crippen LogP contribution < -0.4 is 0 Å². The van der Waals surface area contributed by atoms with E-state index >= 15 is 0 Å². The van der Waals surface area contributed by atoms with Gasteiger partial charge in [-0.1, -0.05) is 20.8 Å². The van der Waals surface area contributed by atoms with E-state index in [4.69, 9.17) is 4.74 Å². The summed E-state index contributed by atoms with van der Waals surface area (Å²) < 4.78 is 5.61. The van der Waals surface area contributed by atoms with Crippen LogP contribution in [-0.4, -0.2) is 20.0 Å². The highest BCUT2D eigenvalue weighted by Crippen LogP contribution is 2.19. The van der Waals surface area contributed by atoms with Crippen molar-refractivity contribution in [2.75, 3.05) is 6.61 Å². The van der Waals surface area contributed by atoms with Crippen molar-refractivity contribution in [3.8, 4) is 0 Å². The van der Waals surface area contributed by atoms with Crippen LogP contribution in [0.5, 0.6) is 0 Å². The van der Waals surface area contributed by atoms with Crippen LogP contribution in [0.1, 0.15) is 41.0 Å². The molecule has 0 radical (unpaired) electrons. The minimum Gasteiger partial charge on any atom is -0.385 e. The summed E-state index contributed by atoms with van der Waals surface area (Å²) in [7, 11) is 2.09. The lowest BCUT2D eigenvalue weighted by Crippen LogP contribution is -2.26. The summed E-state index contributed by atoms with van der Waals surface area (Å²) in [4.78, 5) is 0. The number of rotatable bonds is 3. The van der Waals surface area contributed by atoms with E-state index < -0.39 is 0 Å². The van der Waals surface area contributed by atoms with Crippen LogP contribution in [0.3, 0.4) is 0 Å². The molecule has 0 aliphatic rings. The molecule has 0 heterocycles. The first-order chi connectivity index (χ1) is 4.71. The Morgan fingerprint density at radius 2 is 1.55 bits per heavy atom. The zero-order valence-electron chi connectivity index (χ0n) is 8.82. The summed E-state index contributed by atoms with van der Waals surface area (Å²) in [5, 5.41) is 0. The van der Waals surface area contributed by atoms with Gasteiger partial charge in [-0.2, -0.15) is 0 Å². The average Bonchev–Trinajstić information content (AvgIpc) is 1.55. The molecule has 0 N–H and O–H groups in total. The maximum atomic E-state index is 5.61. The average molecular weight is 156 g/mol. The lowest BCUT2D eigenvalue weighted by Gasteiger charge is -2.24. The van der Waals surface area contributed by atoms with Crippen LogP contribution in [0.25, 0.3) is 0 Å². The monoisotopic (exact) mass is 156 g/mol. The molecule has 0 rings (SSSR count). The van der Waals surface area contributed by atoms with E-state index in [2.05, 4.69) is 42.5 Å². The van der Waals surface area contributed by atoms with Crippen LogP contribution in [0, 0.1) is 5.41 Å². The summed E-state index contributed by atoms with van der Waals surface area (Å²) >= 11 is 0. The minimum absolute atomic E-state index is 0.0191. The lowest BCUT2D eigenvalue weighted by molar-refractivity contribution is 0.0306. The summed E-state index contributed by atoms with van der Waals surface area (Å²) in [6.07, 6.45) is 1.13. The summed E-state index contributed by atoms with van der Waals surface area (Å²) in [6, 6.07) is 0. The molecule has 11 heavy (non-hydrogen) atoms.